The van der Waals surface area contributed by atoms with E-state index in [1.165, 1.54) is 41.8 Å². The molecule has 0 bridgehead atoms. The first-order valence-electron chi connectivity index (χ1n) is 10.3. The molecule has 2 N–H and O–H groups in total. The first-order chi connectivity index (χ1) is 16.2. The predicted octanol–water partition coefficient (Wildman–Crippen LogP) is 3.87. The first kappa shape index (κ1) is 24.4. The molecule has 1 aliphatic heterocycles. The minimum absolute atomic E-state index is 0. The van der Waals surface area contributed by atoms with Gasteiger partial charge in [-0.25, -0.2) is 17.8 Å². The molecule has 1 aliphatic rings. The van der Waals surface area contributed by atoms with Crippen LogP contribution in [0, 0.1) is 5.82 Å². The van der Waals surface area contributed by atoms with Crippen LogP contribution in [0.15, 0.2) is 58.9 Å². The van der Waals surface area contributed by atoms with Crippen molar-refractivity contribution in [3.05, 3.63) is 70.4 Å². The Morgan fingerprint density at radius 3 is 2.59 bits per heavy atom. The summed E-state index contributed by atoms with van der Waals surface area (Å²) in [4.78, 5) is 18.0. The number of hydrogen-bond donors (Lipinski definition) is 2. The molecule has 0 unspecified atom stereocenters. The molecule has 1 aromatic heterocycles. The molecule has 182 valence electrons. The number of benzene rings is 2. The molecule has 0 saturated carbocycles. The molecule has 2 aromatic carbocycles. The number of anilines is 1. The summed E-state index contributed by atoms with van der Waals surface area (Å²) in [7, 11) is -3.78. The monoisotopic (exact) mass is 527 g/mol. The van der Waals surface area contributed by atoms with Crippen LogP contribution < -0.4 is 9.46 Å². The van der Waals surface area contributed by atoms with Crippen molar-refractivity contribution < 1.29 is 28.9 Å². The Morgan fingerprint density at radius 2 is 1.97 bits per heavy atom. The summed E-state index contributed by atoms with van der Waals surface area (Å²) >= 11 is 6.89. The second-order valence-electron chi connectivity index (χ2n) is 7.74. The number of thiazole rings is 1. The van der Waals surface area contributed by atoms with Gasteiger partial charge in [-0.1, -0.05) is 23.7 Å². The van der Waals surface area contributed by atoms with Gasteiger partial charge in [-0.15, -0.1) is 11.3 Å². The van der Waals surface area contributed by atoms with Crippen molar-refractivity contribution in [2.45, 2.75) is 23.3 Å². The van der Waals surface area contributed by atoms with Crippen LogP contribution in [-0.2, 0) is 20.4 Å². The van der Waals surface area contributed by atoms with Crippen molar-refractivity contribution in [2.75, 3.05) is 24.4 Å². The van der Waals surface area contributed by atoms with Crippen molar-refractivity contribution in [3.8, 4) is 5.75 Å². The lowest BCUT2D eigenvalue weighted by atomic mass is 9.84. The highest BCUT2D eigenvalue weighted by Crippen LogP contribution is 2.33. The van der Waals surface area contributed by atoms with Crippen molar-refractivity contribution in [1.82, 2.24) is 9.88 Å². The number of aliphatic hydroxyl groups is 1. The summed E-state index contributed by atoms with van der Waals surface area (Å²) in [5.74, 6) is -0.554. The van der Waals surface area contributed by atoms with Crippen molar-refractivity contribution >= 4 is 44.0 Å². The van der Waals surface area contributed by atoms with Gasteiger partial charge in [0.1, 0.15) is 11.6 Å². The third-order valence-corrected chi connectivity index (χ3v) is 8.01. The number of piperidine rings is 1. The van der Waals surface area contributed by atoms with E-state index in [4.69, 9.17) is 16.3 Å². The SMILES string of the molecule is O=C(COc1ccc(F)c(Cl)c1)N1CCC(O)(c2ccc(S(=O)(=O)Nc3nccs3)cc2)CC1.[HH]. The minimum Gasteiger partial charge on any atom is -0.484 e. The van der Waals surface area contributed by atoms with Crippen LogP contribution in [0.3, 0.4) is 0 Å². The Bertz CT molecular complexity index is 1270. The summed E-state index contributed by atoms with van der Waals surface area (Å²) < 4.78 is 46.0. The molecule has 2 heterocycles. The van der Waals surface area contributed by atoms with Gasteiger partial charge in [0.05, 0.1) is 15.5 Å². The minimum atomic E-state index is -3.78. The van der Waals surface area contributed by atoms with Crippen LogP contribution in [-0.4, -0.2) is 49.0 Å². The molecule has 0 radical (unpaired) electrons. The summed E-state index contributed by atoms with van der Waals surface area (Å²) in [6.45, 7) is 0.363. The Hall–Kier alpha value is -2.73. The van der Waals surface area contributed by atoms with E-state index in [2.05, 4.69) is 9.71 Å². The molecule has 4 rings (SSSR count). The molecule has 3 aromatic rings. The average molecular weight is 528 g/mol. The standard InChI is InChI=1S/C22H21ClFN3O5S2.H2/c23-18-13-16(3-6-19(18)24)32-14-20(28)27-10-7-22(29,8-11-27)15-1-4-17(5-2-15)34(30,31)26-21-25-9-12-33-21;/h1-6,9,12-13,29H,7-8,10-11,14H2,(H,25,26);1H. The number of hydrogen-bond acceptors (Lipinski definition) is 7. The Kier molecular flexibility index (Phi) is 7.08. The van der Waals surface area contributed by atoms with Gasteiger partial charge in [-0.3, -0.25) is 9.52 Å². The van der Waals surface area contributed by atoms with Gasteiger partial charge in [0.2, 0.25) is 0 Å². The molecule has 0 spiro atoms. The Morgan fingerprint density at radius 1 is 1.26 bits per heavy atom. The largest absolute Gasteiger partial charge is 0.484 e. The highest BCUT2D eigenvalue weighted by atomic mass is 35.5. The summed E-state index contributed by atoms with van der Waals surface area (Å²) in [6.07, 6.45) is 2.07. The number of sulfonamides is 1. The average Bonchev–Trinajstić information content (AvgIpc) is 3.32. The van der Waals surface area contributed by atoms with Gasteiger partial charge in [-0.2, -0.15) is 0 Å². The second-order valence-corrected chi connectivity index (χ2v) is 10.7. The number of amides is 1. The molecular formula is C22H23ClFN3O5S2. The number of ether oxygens (including phenoxy) is 1. The number of halogens is 2. The molecule has 0 atom stereocenters. The fourth-order valence-corrected chi connectivity index (χ4v) is 5.57. The fraction of sp³-hybridized carbons (Fsp3) is 0.273. The van der Waals surface area contributed by atoms with Crippen LogP contribution >= 0.6 is 22.9 Å². The highest BCUT2D eigenvalue weighted by Gasteiger charge is 2.35. The van der Waals surface area contributed by atoms with E-state index in [-0.39, 0.29) is 47.6 Å². The van der Waals surface area contributed by atoms with Gasteiger partial charge in [0.15, 0.2) is 11.7 Å². The van der Waals surface area contributed by atoms with Crippen LogP contribution in [0.2, 0.25) is 5.02 Å². The molecule has 1 fully saturated rings. The normalized spacial score (nSPS) is 15.7. The molecule has 8 nitrogen and oxygen atoms in total. The van der Waals surface area contributed by atoms with E-state index in [1.54, 1.807) is 22.4 Å². The molecule has 1 saturated heterocycles. The van der Waals surface area contributed by atoms with Gasteiger partial charge in [-0.05, 0) is 42.7 Å². The van der Waals surface area contributed by atoms with E-state index in [0.717, 1.165) is 6.07 Å². The number of nitrogens with zero attached hydrogens (tertiary/aromatic N) is 2. The summed E-state index contributed by atoms with van der Waals surface area (Å²) in [5.41, 5.74) is -0.613. The van der Waals surface area contributed by atoms with Crippen molar-refractivity contribution in [1.29, 1.82) is 0 Å². The number of nitrogens with one attached hydrogen (secondary N) is 1. The summed E-state index contributed by atoms with van der Waals surface area (Å²) in [6, 6.07) is 9.87. The van der Waals surface area contributed by atoms with E-state index >= 15 is 0 Å². The van der Waals surface area contributed by atoms with Crippen LogP contribution in [0.4, 0.5) is 9.52 Å². The van der Waals surface area contributed by atoms with E-state index < -0.39 is 21.4 Å². The van der Waals surface area contributed by atoms with Crippen LogP contribution in [0.1, 0.15) is 19.8 Å². The van der Waals surface area contributed by atoms with Crippen LogP contribution in [0.5, 0.6) is 5.75 Å². The molecule has 0 aliphatic carbocycles. The van der Waals surface area contributed by atoms with E-state index in [0.29, 0.717) is 18.7 Å². The zero-order valence-electron chi connectivity index (χ0n) is 17.8. The highest BCUT2D eigenvalue weighted by molar-refractivity contribution is 7.93. The van der Waals surface area contributed by atoms with Gasteiger partial charge in [0.25, 0.3) is 15.9 Å². The van der Waals surface area contributed by atoms with Gasteiger partial charge in [0, 0.05) is 32.2 Å². The molecular weight excluding hydrogens is 505 g/mol. The smallest absolute Gasteiger partial charge is 0.263 e. The fourth-order valence-electron chi connectivity index (χ4n) is 3.61. The number of rotatable bonds is 7. The lowest BCUT2D eigenvalue weighted by molar-refractivity contribution is -0.137. The maximum Gasteiger partial charge on any atom is 0.263 e. The Balaban J connectivity index is 0.00000342. The van der Waals surface area contributed by atoms with E-state index in [1.807, 2.05) is 0 Å². The number of aromatic nitrogens is 1. The lowest BCUT2D eigenvalue weighted by Crippen LogP contribution is -2.46. The quantitative estimate of drug-likeness (QED) is 0.483. The third-order valence-electron chi connectivity index (χ3n) is 5.55. The van der Waals surface area contributed by atoms with Crippen molar-refractivity contribution in [3.63, 3.8) is 0 Å². The Labute approximate surface area is 206 Å². The topological polar surface area (TPSA) is 109 Å². The number of carbonyl (C=O) groups excluding carboxylic acids is 1. The summed E-state index contributed by atoms with van der Waals surface area (Å²) in [5, 5.41) is 13.0. The number of likely N-dealkylation sites (tertiary alicyclic amines) is 1. The van der Waals surface area contributed by atoms with E-state index in [9.17, 15) is 22.7 Å². The first-order valence-corrected chi connectivity index (χ1v) is 13.0. The predicted molar refractivity (Wildman–Crippen MR) is 128 cm³/mol. The van der Waals surface area contributed by atoms with Crippen molar-refractivity contribution in [2.24, 2.45) is 0 Å². The maximum absolute atomic E-state index is 13.2. The maximum atomic E-state index is 13.2. The van der Waals surface area contributed by atoms with Gasteiger partial charge < -0.3 is 14.7 Å². The zero-order valence-corrected chi connectivity index (χ0v) is 20.2. The third kappa shape index (κ3) is 5.49. The number of carbonyl (C=O) groups is 1. The van der Waals surface area contributed by atoms with Gasteiger partial charge >= 0.3 is 0 Å². The molecule has 1 amide bonds. The second kappa shape index (κ2) is 9.87. The molecule has 12 heteroatoms. The zero-order chi connectivity index (χ0) is 24.3. The molecule has 34 heavy (non-hydrogen) atoms. The lowest BCUT2D eigenvalue weighted by Gasteiger charge is -2.38. The van der Waals surface area contributed by atoms with Crippen LogP contribution in [0.25, 0.3) is 0 Å².